The molecule has 3 atom stereocenters. The van der Waals surface area contributed by atoms with E-state index in [1.165, 1.54) is 23.5 Å². The smallest absolute Gasteiger partial charge is 0.341 e. The molecule has 2 saturated heterocycles. The summed E-state index contributed by atoms with van der Waals surface area (Å²) >= 11 is 2.94. The zero-order valence-corrected chi connectivity index (χ0v) is 15.7. The maximum absolute atomic E-state index is 12.0. The van der Waals surface area contributed by atoms with E-state index in [1.807, 2.05) is 7.05 Å². The molecular weight excluding hydrogens is 336 g/mol. The Balaban J connectivity index is 2.35. The zero-order valence-electron chi connectivity index (χ0n) is 14.0. The summed E-state index contributed by atoms with van der Waals surface area (Å²) in [5.41, 5.74) is -0.326. The molecule has 6 nitrogen and oxygen atoms in total. The SMILES string of the molecule is CCC[N+]1(C)CCN(C)C2SC(=C(C(=O)[O-])C(=O)OCC)SC21. The second-order valence-electron chi connectivity index (χ2n) is 6.09. The van der Waals surface area contributed by atoms with Crippen LogP contribution in [0.1, 0.15) is 20.3 Å². The standard InChI is InChI=1S/C15H24N2O4S2/c1-5-8-17(4)9-7-16(3)11-12(17)23-15(22-11)10(13(18)19)14(20)21-6-2/h11-12H,5-9H2,1-4H3. The van der Waals surface area contributed by atoms with Crippen LogP contribution in [0.15, 0.2) is 9.81 Å². The number of carbonyl (C=O) groups excluding carboxylic acids is 2. The Bertz CT molecular complexity index is 526. The number of aliphatic carboxylic acids is 1. The number of nitrogens with zero attached hydrogens (tertiary/aromatic N) is 2. The number of hydrogen-bond donors (Lipinski definition) is 0. The van der Waals surface area contributed by atoms with Crippen molar-refractivity contribution in [3.63, 3.8) is 0 Å². The fourth-order valence-corrected chi connectivity index (χ4v) is 6.71. The van der Waals surface area contributed by atoms with Gasteiger partial charge in [0.1, 0.15) is 10.9 Å². The number of fused-ring (bicyclic) bond motifs is 1. The van der Waals surface area contributed by atoms with Crippen LogP contribution in [0.5, 0.6) is 0 Å². The molecule has 0 amide bonds. The number of thioether (sulfide) groups is 2. The molecule has 2 aliphatic heterocycles. The Morgan fingerprint density at radius 3 is 2.65 bits per heavy atom. The summed E-state index contributed by atoms with van der Waals surface area (Å²) in [4.78, 5) is 25.7. The maximum Gasteiger partial charge on any atom is 0.341 e. The first kappa shape index (κ1) is 18.6. The van der Waals surface area contributed by atoms with Crippen LogP contribution >= 0.6 is 23.5 Å². The normalized spacial score (nSPS) is 33.2. The number of rotatable bonds is 5. The molecule has 0 spiro atoms. The van der Waals surface area contributed by atoms with Crippen molar-refractivity contribution in [3.8, 4) is 0 Å². The van der Waals surface area contributed by atoms with E-state index in [9.17, 15) is 14.7 Å². The number of likely N-dealkylation sites (N-methyl/N-ethyl adjacent to an activating group) is 2. The van der Waals surface area contributed by atoms with Crippen molar-refractivity contribution in [3.05, 3.63) is 9.81 Å². The van der Waals surface area contributed by atoms with Crippen molar-refractivity contribution in [2.45, 2.75) is 31.0 Å². The van der Waals surface area contributed by atoms with Gasteiger partial charge in [-0.3, -0.25) is 4.90 Å². The Kier molecular flexibility index (Phi) is 6.05. The van der Waals surface area contributed by atoms with E-state index >= 15 is 0 Å². The monoisotopic (exact) mass is 360 g/mol. The third-order valence-electron chi connectivity index (χ3n) is 4.33. The van der Waals surface area contributed by atoms with Gasteiger partial charge in [0.25, 0.3) is 0 Å². The maximum atomic E-state index is 12.0. The zero-order chi connectivity index (χ0) is 17.2. The molecule has 3 unspecified atom stereocenters. The first-order valence-electron chi connectivity index (χ1n) is 7.84. The summed E-state index contributed by atoms with van der Waals surface area (Å²) in [7, 11) is 4.26. The highest BCUT2D eigenvalue weighted by molar-refractivity contribution is 8.25. The molecular formula is C15H24N2O4S2. The largest absolute Gasteiger partial charge is 0.544 e. The van der Waals surface area contributed by atoms with Gasteiger partial charge in [-0.25, -0.2) is 4.79 Å². The van der Waals surface area contributed by atoms with Gasteiger partial charge in [0.05, 0.1) is 37.0 Å². The lowest BCUT2D eigenvalue weighted by atomic mass is 10.2. The third-order valence-corrected chi connectivity index (χ3v) is 7.79. The minimum Gasteiger partial charge on any atom is -0.544 e. The number of quaternary nitrogens is 1. The molecule has 2 fully saturated rings. The van der Waals surface area contributed by atoms with Gasteiger partial charge in [0, 0.05) is 6.54 Å². The molecule has 0 radical (unpaired) electrons. The second-order valence-corrected chi connectivity index (χ2v) is 8.61. The fourth-order valence-electron chi connectivity index (χ4n) is 3.07. The molecule has 0 aliphatic carbocycles. The molecule has 0 bridgehead atoms. The van der Waals surface area contributed by atoms with E-state index in [2.05, 4.69) is 18.9 Å². The predicted octanol–water partition coefficient (Wildman–Crippen LogP) is 0.445. The topological polar surface area (TPSA) is 69.7 Å². The van der Waals surface area contributed by atoms with E-state index in [0.29, 0.717) is 4.24 Å². The second kappa shape index (κ2) is 7.46. The molecule has 0 aromatic carbocycles. The Hall–Kier alpha value is -0.700. The Morgan fingerprint density at radius 2 is 2.09 bits per heavy atom. The van der Waals surface area contributed by atoms with Crippen molar-refractivity contribution in [1.82, 2.24) is 4.90 Å². The molecule has 0 N–H and O–H groups in total. The summed E-state index contributed by atoms with van der Waals surface area (Å²) in [6, 6.07) is 0. The molecule has 23 heavy (non-hydrogen) atoms. The van der Waals surface area contributed by atoms with Gasteiger partial charge in [-0.05, 0) is 20.4 Å². The highest BCUT2D eigenvalue weighted by atomic mass is 32.2. The van der Waals surface area contributed by atoms with Crippen molar-refractivity contribution in [2.75, 3.05) is 40.3 Å². The number of ether oxygens (including phenoxy) is 1. The molecule has 2 rings (SSSR count). The lowest BCUT2D eigenvalue weighted by Crippen LogP contribution is -2.64. The van der Waals surface area contributed by atoms with Crippen LogP contribution in [0.2, 0.25) is 0 Å². The van der Waals surface area contributed by atoms with Gasteiger partial charge in [0.2, 0.25) is 0 Å². The first-order chi connectivity index (χ1) is 10.8. The fraction of sp³-hybridized carbons (Fsp3) is 0.733. The molecule has 0 saturated carbocycles. The quantitative estimate of drug-likeness (QED) is 0.232. The van der Waals surface area contributed by atoms with Gasteiger partial charge in [0.15, 0.2) is 5.37 Å². The number of carboxylic acids is 1. The summed E-state index contributed by atoms with van der Waals surface area (Å²) in [5.74, 6) is -2.25. The highest BCUT2D eigenvalue weighted by Crippen LogP contribution is 2.53. The molecule has 8 heteroatoms. The minimum absolute atomic E-state index is 0.147. The van der Waals surface area contributed by atoms with Crippen molar-refractivity contribution >= 4 is 35.5 Å². The van der Waals surface area contributed by atoms with Crippen molar-refractivity contribution < 1.29 is 23.9 Å². The van der Waals surface area contributed by atoms with Gasteiger partial charge in [-0.15, -0.1) is 0 Å². The van der Waals surface area contributed by atoms with Crippen LogP contribution in [-0.4, -0.2) is 72.4 Å². The lowest BCUT2D eigenvalue weighted by molar-refractivity contribution is -0.924. The summed E-state index contributed by atoms with van der Waals surface area (Å²) in [5, 5.41) is 11.8. The van der Waals surface area contributed by atoms with Crippen LogP contribution < -0.4 is 5.11 Å². The summed E-state index contributed by atoms with van der Waals surface area (Å²) in [6.07, 6.45) is 1.07. The highest BCUT2D eigenvalue weighted by Gasteiger charge is 2.51. The molecule has 2 aliphatic rings. The van der Waals surface area contributed by atoms with E-state index in [-0.39, 0.29) is 22.9 Å². The average molecular weight is 361 g/mol. The molecule has 130 valence electrons. The lowest BCUT2D eigenvalue weighted by Gasteiger charge is -2.47. The minimum atomic E-state index is -1.45. The molecule has 0 aromatic heterocycles. The van der Waals surface area contributed by atoms with E-state index in [1.54, 1.807) is 6.92 Å². The third kappa shape index (κ3) is 3.70. The Morgan fingerprint density at radius 1 is 1.39 bits per heavy atom. The predicted molar refractivity (Wildman–Crippen MR) is 90.3 cm³/mol. The van der Waals surface area contributed by atoms with Crippen molar-refractivity contribution in [1.29, 1.82) is 0 Å². The summed E-state index contributed by atoms with van der Waals surface area (Å²) < 4.78 is 6.30. The summed E-state index contributed by atoms with van der Waals surface area (Å²) in [6.45, 7) is 6.98. The number of carboxylic acid groups (broad SMARTS) is 1. The van der Waals surface area contributed by atoms with Crippen LogP contribution in [0.25, 0.3) is 0 Å². The van der Waals surface area contributed by atoms with Crippen molar-refractivity contribution in [2.24, 2.45) is 0 Å². The van der Waals surface area contributed by atoms with E-state index in [4.69, 9.17) is 4.74 Å². The van der Waals surface area contributed by atoms with Crippen LogP contribution in [0.4, 0.5) is 0 Å². The van der Waals surface area contributed by atoms with Gasteiger partial charge in [-0.2, -0.15) is 0 Å². The number of esters is 1. The van der Waals surface area contributed by atoms with Gasteiger partial charge >= 0.3 is 5.97 Å². The van der Waals surface area contributed by atoms with E-state index < -0.39 is 11.9 Å². The number of piperazine rings is 1. The average Bonchev–Trinajstić information content (AvgIpc) is 2.90. The number of carbonyl (C=O) groups is 2. The van der Waals surface area contributed by atoms with Crippen LogP contribution in [-0.2, 0) is 14.3 Å². The first-order valence-corrected chi connectivity index (χ1v) is 9.60. The molecule has 2 heterocycles. The number of hydrogen-bond acceptors (Lipinski definition) is 7. The Labute approximate surface area is 145 Å². The van der Waals surface area contributed by atoms with Crippen LogP contribution in [0.3, 0.4) is 0 Å². The van der Waals surface area contributed by atoms with Crippen LogP contribution in [0, 0.1) is 0 Å². The van der Waals surface area contributed by atoms with E-state index in [0.717, 1.165) is 30.5 Å². The van der Waals surface area contributed by atoms with Gasteiger partial charge < -0.3 is 19.1 Å². The molecule has 0 aromatic rings. The van der Waals surface area contributed by atoms with Gasteiger partial charge in [-0.1, -0.05) is 30.4 Å².